The third kappa shape index (κ3) is 3.69. The van der Waals surface area contributed by atoms with Gasteiger partial charge in [-0.25, -0.2) is 0 Å². The van der Waals surface area contributed by atoms with E-state index in [4.69, 9.17) is 0 Å². The van der Waals surface area contributed by atoms with Crippen LogP contribution < -0.4 is 0 Å². The van der Waals surface area contributed by atoms with Gasteiger partial charge in [-0.05, 0) is 32.2 Å². The smallest absolute Gasteiger partial charge is 0.222 e. The summed E-state index contributed by atoms with van der Waals surface area (Å²) in [4.78, 5) is 15.6. The van der Waals surface area contributed by atoms with Gasteiger partial charge < -0.3 is 14.9 Å². The molecule has 110 valence electrons. The van der Waals surface area contributed by atoms with E-state index >= 15 is 0 Å². The number of fused-ring (bicyclic) bond motifs is 1. The number of aliphatic hydroxyl groups is 1. The van der Waals surface area contributed by atoms with E-state index in [0.717, 1.165) is 38.9 Å². The van der Waals surface area contributed by atoms with E-state index in [-0.39, 0.29) is 11.5 Å². The van der Waals surface area contributed by atoms with Crippen molar-refractivity contribution in [3.05, 3.63) is 0 Å². The molecule has 0 bridgehead atoms. The van der Waals surface area contributed by atoms with Gasteiger partial charge in [0.25, 0.3) is 0 Å². The standard InChI is InChI=1S/C15H28N2O2/c1-16(2)14(18)7-5-10-17-11-9-15(19)8-4-3-6-13(15)12-17/h13,19H,3-12H2,1-2H3. The lowest BCUT2D eigenvalue weighted by Gasteiger charge is -2.47. The maximum atomic E-state index is 11.5. The second-order valence-electron chi connectivity index (χ2n) is 6.49. The van der Waals surface area contributed by atoms with E-state index in [2.05, 4.69) is 4.90 Å². The highest BCUT2D eigenvalue weighted by atomic mass is 16.3. The van der Waals surface area contributed by atoms with Crippen molar-refractivity contribution in [3.63, 3.8) is 0 Å². The molecule has 1 saturated carbocycles. The predicted octanol–water partition coefficient (Wildman–Crippen LogP) is 1.48. The van der Waals surface area contributed by atoms with E-state index in [1.54, 1.807) is 4.90 Å². The van der Waals surface area contributed by atoms with Crippen LogP contribution in [0.25, 0.3) is 0 Å². The second kappa shape index (κ2) is 6.23. The topological polar surface area (TPSA) is 43.8 Å². The van der Waals surface area contributed by atoms with Gasteiger partial charge in [-0.15, -0.1) is 0 Å². The Bertz CT molecular complexity index is 319. The summed E-state index contributed by atoms with van der Waals surface area (Å²) >= 11 is 0. The third-order valence-corrected chi connectivity index (χ3v) is 4.88. The van der Waals surface area contributed by atoms with Crippen LogP contribution in [-0.2, 0) is 4.79 Å². The number of carbonyl (C=O) groups is 1. The number of amides is 1. The summed E-state index contributed by atoms with van der Waals surface area (Å²) in [6.45, 7) is 3.00. The van der Waals surface area contributed by atoms with Gasteiger partial charge in [0.05, 0.1) is 5.60 Å². The molecule has 2 unspecified atom stereocenters. The lowest BCUT2D eigenvalue weighted by Crippen LogP contribution is -2.53. The van der Waals surface area contributed by atoms with Crippen LogP contribution in [0.2, 0.25) is 0 Å². The molecular weight excluding hydrogens is 240 g/mol. The van der Waals surface area contributed by atoms with Crippen molar-refractivity contribution in [2.45, 2.75) is 50.5 Å². The predicted molar refractivity (Wildman–Crippen MR) is 75.9 cm³/mol. The molecule has 0 aromatic heterocycles. The van der Waals surface area contributed by atoms with Crippen molar-refractivity contribution >= 4 is 5.91 Å². The molecule has 4 heteroatoms. The minimum atomic E-state index is -0.381. The number of likely N-dealkylation sites (tertiary alicyclic amines) is 1. The van der Waals surface area contributed by atoms with Crippen molar-refractivity contribution in [1.29, 1.82) is 0 Å². The van der Waals surface area contributed by atoms with Crippen LogP contribution >= 0.6 is 0 Å². The molecule has 19 heavy (non-hydrogen) atoms. The van der Waals surface area contributed by atoms with Gasteiger partial charge in [-0.2, -0.15) is 0 Å². The third-order valence-electron chi connectivity index (χ3n) is 4.88. The van der Waals surface area contributed by atoms with Crippen LogP contribution in [0.15, 0.2) is 0 Å². The summed E-state index contributed by atoms with van der Waals surface area (Å²) in [5.74, 6) is 0.672. The minimum Gasteiger partial charge on any atom is -0.390 e. The first-order valence-electron chi connectivity index (χ1n) is 7.66. The quantitative estimate of drug-likeness (QED) is 0.840. The van der Waals surface area contributed by atoms with Gasteiger partial charge in [0.15, 0.2) is 0 Å². The molecule has 1 aliphatic heterocycles. The Morgan fingerprint density at radius 2 is 2.16 bits per heavy atom. The number of carbonyl (C=O) groups excluding carboxylic acids is 1. The van der Waals surface area contributed by atoms with E-state index in [0.29, 0.717) is 12.3 Å². The van der Waals surface area contributed by atoms with Gasteiger partial charge >= 0.3 is 0 Å². The van der Waals surface area contributed by atoms with Gasteiger partial charge in [0.1, 0.15) is 0 Å². The maximum absolute atomic E-state index is 11.5. The first-order valence-corrected chi connectivity index (χ1v) is 7.66. The van der Waals surface area contributed by atoms with Crippen LogP contribution in [0.5, 0.6) is 0 Å². The van der Waals surface area contributed by atoms with Gasteiger partial charge in [0.2, 0.25) is 5.91 Å². The van der Waals surface area contributed by atoms with Crippen molar-refractivity contribution in [1.82, 2.24) is 9.80 Å². The van der Waals surface area contributed by atoms with Gasteiger partial charge in [-0.1, -0.05) is 12.8 Å². The summed E-state index contributed by atoms with van der Waals surface area (Å²) in [6.07, 6.45) is 7.10. The Kier molecular flexibility index (Phi) is 4.85. The fraction of sp³-hybridized carbons (Fsp3) is 0.933. The summed E-state index contributed by atoms with van der Waals surface area (Å²) in [5.41, 5.74) is -0.381. The molecule has 4 nitrogen and oxygen atoms in total. The van der Waals surface area contributed by atoms with Crippen molar-refractivity contribution in [2.75, 3.05) is 33.7 Å². The zero-order valence-corrected chi connectivity index (χ0v) is 12.4. The fourth-order valence-corrected chi connectivity index (χ4v) is 3.52. The molecule has 1 amide bonds. The molecule has 0 aromatic carbocycles. The van der Waals surface area contributed by atoms with Crippen LogP contribution in [0.4, 0.5) is 0 Å². The second-order valence-corrected chi connectivity index (χ2v) is 6.49. The number of hydrogen-bond acceptors (Lipinski definition) is 3. The monoisotopic (exact) mass is 268 g/mol. The van der Waals surface area contributed by atoms with Crippen LogP contribution in [-0.4, -0.2) is 60.1 Å². The zero-order chi connectivity index (χ0) is 13.9. The molecule has 0 aromatic rings. The van der Waals surface area contributed by atoms with E-state index in [1.165, 1.54) is 19.3 Å². The number of hydrogen-bond donors (Lipinski definition) is 1. The Balaban J connectivity index is 1.73. The fourth-order valence-electron chi connectivity index (χ4n) is 3.52. The average Bonchev–Trinajstić information content (AvgIpc) is 2.38. The van der Waals surface area contributed by atoms with Crippen molar-refractivity contribution < 1.29 is 9.90 Å². The minimum absolute atomic E-state index is 0.214. The number of rotatable bonds is 4. The van der Waals surface area contributed by atoms with Crippen LogP contribution in [0.3, 0.4) is 0 Å². The first-order chi connectivity index (χ1) is 9.01. The SMILES string of the molecule is CN(C)C(=O)CCCN1CCC2(O)CCCCC2C1. The Morgan fingerprint density at radius 1 is 1.37 bits per heavy atom. The summed E-state index contributed by atoms with van der Waals surface area (Å²) < 4.78 is 0. The molecule has 2 rings (SSSR count). The lowest BCUT2D eigenvalue weighted by molar-refractivity contribution is -0.129. The highest BCUT2D eigenvalue weighted by molar-refractivity contribution is 5.75. The summed E-state index contributed by atoms with van der Waals surface area (Å²) in [7, 11) is 3.62. The Hall–Kier alpha value is -0.610. The normalized spacial score (nSPS) is 31.8. The zero-order valence-electron chi connectivity index (χ0n) is 12.4. The lowest BCUT2D eigenvalue weighted by atomic mass is 9.71. The number of piperidine rings is 1. The van der Waals surface area contributed by atoms with E-state index in [1.807, 2.05) is 14.1 Å². The Morgan fingerprint density at radius 3 is 2.89 bits per heavy atom. The molecule has 1 N–H and O–H groups in total. The maximum Gasteiger partial charge on any atom is 0.222 e. The Labute approximate surface area is 116 Å². The van der Waals surface area contributed by atoms with Crippen LogP contribution in [0.1, 0.15) is 44.9 Å². The van der Waals surface area contributed by atoms with Gasteiger partial charge in [0, 0.05) is 39.5 Å². The summed E-state index contributed by atoms with van der Waals surface area (Å²) in [6, 6.07) is 0. The highest BCUT2D eigenvalue weighted by Crippen LogP contribution is 2.39. The molecule has 0 spiro atoms. The van der Waals surface area contributed by atoms with Crippen molar-refractivity contribution in [3.8, 4) is 0 Å². The molecule has 1 aliphatic carbocycles. The van der Waals surface area contributed by atoms with E-state index < -0.39 is 0 Å². The first kappa shape index (κ1) is 14.8. The molecule has 2 fully saturated rings. The average molecular weight is 268 g/mol. The van der Waals surface area contributed by atoms with Crippen molar-refractivity contribution in [2.24, 2.45) is 5.92 Å². The molecule has 1 saturated heterocycles. The summed E-state index contributed by atoms with van der Waals surface area (Å²) in [5, 5.41) is 10.6. The van der Waals surface area contributed by atoms with E-state index in [9.17, 15) is 9.90 Å². The molecular formula is C15H28N2O2. The number of nitrogens with zero attached hydrogens (tertiary/aromatic N) is 2. The van der Waals surface area contributed by atoms with Gasteiger partial charge in [-0.3, -0.25) is 4.79 Å². The highest BCUT2D eigenvalue weighted by Gasteiger charge is 2.42. The largest absolute Gasteiger partial charge is 0.390 e. The molecule has 0 radical (unpaired) electrons. The molecule has 2 aliphatic rings. The molecule has 1 heterocycles. The van der Waals surface area contributed by atoms with Crippen LogP contribution in [0, 0.1) is 5.92 Å². The molecule has 2 atom stereocenters.